The molecule has 4 rings (SSSR count). The van der Waals surface area contributed by atoms with E-state index in [0.29, 0.717) is 11.5 Å². The maximum atomic E-state index is 9.52. The molecule has 0 bridgehead atoms. The highest BCUT2D eigenvalue weighted by molar-refractivity contribution is 7.13. The Morgan fingerprint density at radius 1 is 1.27 bits per heavy atom. The number of nitrogens with zero attached hydrogens (tertiary/aromatic N) is 2. The second-order valence-electron chi connectivity index (χ2n) is 4.73. The molecule has 3 aromatic rings. The van der Waals surface area contributed by atoms with Crippen LogP contribution >= 0.6 is 22.7 Å². The standard InChI is InChI=1S/C15H10N4OS2/c16-7-8-11(9-3-1-5-21-9)12-13(10-4-2-6-22-10)18-19-15(12)20-14(8)17/h1-6,11H,17H2,(H,18,19)/t11-/m0/s1. The van der Waals surface area contributed by atoms with Gasteiger partial charge in [0.05, 0.1) is 22.1 Å². The Morgan fingerprint density at radius 2 is 2.09 bits per heavy atom. The predicted molar refractivity (Wildman–Crippen MR) is 85.5 cm³/mol. The highest BCUT2D eigenvalue weighted by Crippen LogP contribution is 2.47. The lowest BCUT2D eigenvalue weighted by Crippen LogP contribution is -2.20. The van der Waals surface area contributed by atoms with Crippen molar-refractivity contribution in [2.45, 2.75) is 5.92 Å². The summed E-state index contributed by atoms with van der Waals surface area (Å²) in [6, 6.07) is 10.1. The molecule has 4 heterocycles. The largest absolute Gasteiger partial charge is 0.420 e. The summed E-state index contributed by atoms with van der Waals surface area (Å²) in [5.41, 5.74) is 8.09. The third kappa shape index (κ3) is 1.85. The number of aromatic amines is 1. The van der Waals surface area contributed by atoms with E-state index < -0.39 is 0 Å². The molecule has 0 unspecified atom stereocenters. The van der Waals surface area contributed by atoms with Crippen LogP contribution in [0.25, 0.3) is 10.6 Å². The monoisotopic (exact) mass is 326 g/mol. The first kappa shape index (κ1) is 13.1. The molecule has 3 aromatic heterocycles. The summed E-state index contributed by atoms with van der Waals surface area (Å²) in [4.78, 5) is 2.10. The Bertz CT molecular complexity index is 885. The van der Waals surface area contributed by atoms with Crippen molar-refractivity contribution in [2.75, 3.05) is 0 Å². The molecule has 0 saturated carbocycles. The molecule has 0 aromatic carbocycles. The van der Waals surface area contributed by atoms with Crippen molar-refractivity contribution in [2.24, 2.45) is 5.73 Å². The van der Waals surface area contributed by atoms with E-state index in [4.69, 9.17) is 10.5 Å². The van der Waals surface area contributed by atoms with E-state index >= 15 is 0 Å². The minimum absolute atomic E-state index is 0.123. The maximum Gasteiger partial charge on any atom is 0.244 e. The minimum Gasteiger partial charge on any atom is -0.420 e. The first-order chi connectivity index (χ1) is 10.8. The van der Waals surface area contributed by atoms with Crippen molar-refractivity contribution in [1.82, 2.24) is 10.2 Å². The zero-order chi connectivity index (χ0) is 15.1. The Hall–Kier alpha value is -2.56. The van der Waals surface area contributed by atoms with Gasteiger partial charge in [0, 0.05) is 4.88 Å². The zero-order valence-electron chi connectivity index (χ0n) is 11.2. The van der Waals surface area contributed by atoms with Crippen LogP contribution in [-0.4, -0.2) is 10.2 Å². The number of aromatic nitrogens is 2. The number of allylic oxidation sites excluding steroid dienone is 1. The SMILES string of the molecule is N#CC1=C(N)Oc2n[nH]c(-c3cccs3)c2[C@@H]1c1cccs1. The lowest BCUT2D eigenvalue weighted by Gasteiger charge is -2.22. The van der Waals surface area contributed by atoms with Gasteiger partial charge in [0.1, 0.15) is 11.6 Å². The summed E-state index contributed by atoms with van der Waals surface area (Å²) >= 11 is 3.20. The van der Waals surface area contributed by atoms with Gasteiger partial charge in [0.15, 0.2) is 0 Å². The van der Waals surface area contributed by atoms with Crippen LogP contribution < -0.4 is 10.5 Å². The molecule has 0 fully saturated rings. The molecular weight excluding hydrogens is 316 g/mol. The number of H-pyrrole nitrogens is 1. The molecule has 0 aliphatic carbocycles. The maximum absolute atomic E-state index is 9.52. The highest BCUT2D eigenvalue weighted by atomic mass is 32.1. The average Bonchev–Trinajstić information content (AvgIpc) is 3.26. The topological polar surface area (TPSA) is 87.7 Å². The van der Waals surface area contributed by atoms with Crippen LogP contribution in [0.1, 0.15) is 16.4 Å². The zero-order valence-corrected chi connectivity index (χ0v) is 12.9. The summed E-state index contributed by atoms with van der Waals surface area (Å²) in [5.74, 6) is 0.320. The van der Waals surface area contributed by atoms with Gasteiger partial charge in [-0.3, -0.25) is 5.10 Å². The van der Waals surface area contributed by atoms with Crippen molar-refractivity contribution in [3.8, 4) is 22.5 Å². The van der Waals surface area contributed by atoms with Crippen LogP contribution in [0.3, 0.4) is 0 Å². The van der Waals surface area contributed by atoms with Gasteiger partial charge in [-0.15, -0.1) is 27.8 Å². The first-order valence-corrected chi connectivity index (χ1v) is 8.28. The van der Waals surface area contributed by atoms with Gasteiger partial charge < -0.3 is 10.5 Å². The third-order valence-electron chi connectivity index (χ3n) is 3.53. The number of nitrogens with one attached hydrogen (secondary N) is 1. The van der Waals surface area contributed by atoms with E-state index in [0.717, 1.165) is 21.0 Å². The highest BCUT2D eigenvalue weighted by Gasteiger charge is 2.36. The van der Waals surface area contributed by atoms with E-state index in [1.807, 2.05) is 35.0 Å². The molecule has 0 radical (unpaired) electrons. The Kier molecular flexibility index (Phi) is 2.99. The average molecular weight is 326 g/mol. The van der Waals surface area contributed by atoms with Gasteiger partial charge in [0.2, 0.25) is 11.8 Å². The molecule has 108 valence electrons. The molecule has 1 aliphatic heterocycles. The quantitative estimate of drug-likeness (QED) is 0.755. The van der Waals surface area contributed by atoms with Crippen molar-refractivity contribution >= 4 is 22.7 Å². The number of hydrogen-bond acceptors (Lipinski definition) is 6. The van der Waals surface area contributed by atoms with Gasteiger partial charge in [-0.25, -0.2) is 0 Å². The van der Waals surface area contributed by atoms with E-state index in [2.05, 4.69) is 16.3 Å². The second-order valence-corrected chi connectivity index (χ2v) is 6.66. The lowest BCUT2D eigenvalue weighted by atomic mass is 9.88. The van der Waals surface area contributed by atoms with Crippen molar-refractivity contribution in [3.05, 3.63) is 56.9 Å². The second kappa shape index (κ2) is 5.02. The molecule has 3 N–H and O–H groups in total. The number of nitriles is 1. The molecule has 0 amide bonds. The van der Waals surface area contributed by atoms with Crippen molar-refractivity contribution < 1.29 is 4.74 Å². The van der Waals surface area contributed by atoms with Crippen LogP contribution in [0.4, 0.5) is 0 Å². The minimum atomic E-state index is -0.246. The number of ether oxygens (including phenoxy) is 1. The number of thiophene rings is 2. The fourth-order valence-corrected chi connectivity index (χ4v) is 4.17. The molecule has 5 nitrogen and oxygen atoms in total. The molecule has 7 heteroatoms. The molecule has 1 atom stereocenters. The molecule has 22 heavy (non-hydrogen) atoms. The Morgan fingerprint density at radius 3 is 2.77 bits per heavy atom. The number of hydrogen-bond donors (Lipinski definition) is 2. The Labute approximate surface area is 134 Å². The van der Waals surface area contributed by atoms with Crippen LogP contribution in [0.15, 0.2) is 46.5 Å². The summed E-state index contributed by atoms with van der Waals surface area (Å²) in [5, 5.41) is 20.8. The van der Waals surface area contributed by atoms with E-state index in [1.54, 1.807) is 22.7 Å². The summed E-state index contributed by atoms with van der Waals surface area (Å²) in [6.45, 7) is 0. The van der Waals surface area contributed by atoms with Crippen LogP contribution in [0.5, 0.6) is 5.88 Å². The smallest absolute Gasteiger partial charge is 0.244 e. The van der Waals surface area contributed by atoms with Crippen LogP contribution in [0, 0.1) is 11.3 Å². The molecule has 0 saturated heterocycles. The Balaban J connectivity index is 1.97. The number of fused-ring (bicyclic) bond motifs is 1. The van der Waals surface area contributed by atoms with Gasteiger partial charge in [-0.1, -0.05) is 12.1 Å². The number of nitrogens with two attached hydrogens (primary N) is 1. The molecular formula is C15H10N4OS2. The summed E-state index contributed by atoms with van der Waals surface area (Å²) in [6.07, 6.45) is 0. The predicted octanol–water partition coefficient (Wildman–Crippen LogP) is 3.42. The van der Waals surface area contributed by atoms with E-state index in [1.165, 1.54) is 0 Å². The van der Waals surface area contributed by atoms with E-state index in [9.17, 15) is 5.26 Å². The van der Waals surface area contributed by atoms with E-state index in [-0.39, 0.29) is 11.8 Å². The number of rotatable bonds is 2. The first-order valence-electron chi connectivity index (χ1n) is 6.52. The van der Waals surface area contributed by atoms with Gasteiger partial charge >= 0.3 is 0 Å². The summed E-state index contributed by atoms with van der Waals surface area (Å²) in [7, 11) is 0. The lowest BCUT2D eigenvalue weighted by molar-refractivity contribution is 0.379. The fraction of sp³-hybridized carbons (Fsp3) is 0.0667. The normalized spacial score (nSPS) is 17.0. The summed E-state index contributed by atoms with van der Waals surface area (Å²) < 4.78 is 5.54. The molecule has 1 aliphatic rings. The van der Waals surface area contributed by atoms with Crippen molar-refractivity contribution in [1.29, 1.82) is 5.26 Å². The van der Waals surface area contributed by atoms with Gasteiger partial charge in [-0.05, 0) is 22.9 Å². The van der Waals surface area contributed by atoms with Gasteiger partial charge in [-0.2, -0.15) is 5.26 Å². The van der Waals surface area contributed by atoms with Gasteiger partial charge in [0.25, 0.3) is 0 Å². The molecule has 0 spiro atoms. The fourth-order valence-electron chi connectivity index (χ4n) is 2.59. The van der Waals surface area contributed by atoms with Crippen LogP contribution in [-0.2, 0) is 0 Å². The van der Waals surface area contributed by atoms with Crippen LogP contribution in [0.2, 0.25) is 0 Å². The third-order valence-corrected chi connectivity index (χ3v) is 5.36. The van der Waals surface area contributed by atoms with Crippen molar-refractivity contribution in [3.63, 3.8) is 0 Å².